The van der Waals surface area contributed by atoms with Crippen LogP contribution in [0.1, 0.15) is 52.2 Å². The van der Waals surface area contributed by atoms with E-state index in [0.717, 1.165) is 17.1 Å². The number of rotatable bonds is 6. The maximum absolute atomic E-state index is 12.2. The van der Waals surface area contributed by atoms with Crippen molar-refractivity contribution in [1.29, 1.82) is 0 Å². The van der Waals surface area contributed by atoms with Gasteiger partial charge in [-0.3, -0.25) is 0 Å². The Balaban J connectivity index is 2.49. The van der Waals surface area contributed by atoms with E-state index in [-0.39, 0.29) is 17.5 Å². The highest BCUT2D eigenvalue weighted by molar-refractivity contribution is 7.09. The second kappa shape index (κ2) is 7.92. The van der Waals surface area contributed by atoms with Crippen molar-refractivity contribution < 1.29 is 9.90 Å². The van der Waals surface area contributed by atoms with Crippen LogP contribution in [0, 0.1) is 0 Å². The average molecular weight is 327 g/mol. The number of nitrogens with one attached hydrogen (secondary N) is 1. The molecule has 1 aromatic rings. The third-order valence-electron chi connectivity index (χ3n) is 3.28. The molecule has 1 aromatic heterocycles. The van der Waals surface area contributed by atoms with Crippen LogP contribution in [0.4, 0.5) is 4.79 Å². The first kappa shape index (κ1) is 18.9. The zero-order valence-corrected chi connectivity index (χ0v) is 15.3. The van der Waals surface area contributed by atoms with Gasteiger partial charge in [-0.2, -0.15) is 0 Å². The molecule has 0 saturated heterocycles. The summed E-state index contributed by atoms with van der Waals surface area (Å²) in [5.41, 5.74) is 1.15. The van der Waals surface area contributed by atoms with E-state index in [9.17, 15) is 9.90 Å². The van der Waals surface area contributed by atoms with E-state index >= 15 is 0 Å². The van der Waals surface area contributed by atoms with E-state index in [4.69, 9.17) is 0 Å². The maximum atomic E-state index is 12.2. The summed E-state index contributed by atoms with van der Waals surface area (Å²) in [6, 6.07) is -0.0783. The largest absolute Gasteiger partial charge is 0.392 e. The van der Waals surface area contributed by atoms with Crippen molar-refractivity contribution in [3.05, 3.63) is 16.1 Å². The summed E-state index contributed by atoms with van der Waals surface area (Å²) >= 11 is 1.64. The molecule has 1 heterocycles. The Morgan fingerprint density at radius 3 is 2.50 bits per heavy atom. The predicted octanol–water partition coefficient (Wildman–Crippen LogP) is 2.78. The number of nitrogens with zero attached hydrogens (tertiary/aromatic N) is 2. The number of aliphatic hydroxyl groups is 1. The van der Waals surface area contributed by atoms with Crippen molar-refractivity contribution in [2.45, 2.75) is 65.5 Å². The molecule has 0 aliphatic carbocycles. The lowest BCUT2D eigenvalue weighted by Crippen LogP contribution is -2.47. The molecule has 2 amide bonds. The van der Waals surface area contributed by atoms with Crippen LogP contribution in [0.3, 0.4) is 0 Å². The van der Waals surface area contributed by atoms with E-state index in [1.807, 2.05) is 13.8 Å². The van der Waals surface area contributed by atoms with Gasteiger partial charge in [-0.1, -0.05) is 20.8 Å². The number of aliphatic hydroxyl groups excluding tert-OH is 1. The highest BCUT2D eigenvalue weighted by Crippen LogP contribution is 2.23. The molecule has 5 nitrogen and oxygen atoms in total. The number of urea groups is 1. The third-order valence-corrected chi connectivity index (χ3v) is 4.19. The van der Waals surface area contributed by atoms with E-state index < -0.39 is 6.10 Å². The predicted molar refractivity (Wildman–Crippen MR) is 91.4 cm³/mol. The highest BCUT2D eigenvalue weighted by atomic mass is 32.1. The summed E-state index contributed by atoms with van der Waals surface area (Å²) in [6.45, 7) is 12.9. The second-order valence-corrected chi connectivity index (χ2v) is 7.90. The van der Waals surface area contributed by atoms with Crippen LogP contribution < -0.4 is 5.32 Å². The minimum absolute atomic E-state index is 0.0574. The fraction of sp³-hybridized carbons (Fsp3) is 0.750. The van der Waals surface area contributed by atoms with E-state index in [1.54, 1.807) is 23.2 Å². The Hall–Kier alpha value is -1.14. The highest BCUT2D eigenvalue weighted by Gasteiger charge is 2.19. The van der Waals surface area contributed by atoms with E-state index in [0.29, 0.717) is 13.1 Å². The van der Waals surface area contributed by atoms with Gasteiger partial charge in [0.05, 0.1) is 16.8 Å². The number of thiazole rings is 1. The lowest BCUT2D eigenvalue weighted by atomic mass is 9.93. The van der Waals surface area contributed by atoms with Gasteiger partial charge in [-0.25, -0.2) is 9.78 Å². The molecule has 2 N–H and O–H groups in total. The number of hydrogen-bond acceptors (Lipinski definition) is 4. The molecule has 0 spiro atoms. The minimum atomic E-state index is -0.526. The molecular formula is C16H29N3O2S. The molecule has 0 bridgehead atoms. The van der Waals surface area contributed by atoms with Gasteiger partial charge in [0, 0.05) is 36.3 Å². The molecule has 22 heavy (non-hydrogen) atoms. The van der Waals surface area contributed by atoms with Crippen LogP contribution in [0.15, 0.2) is 5.38 Å². The van der Waals surface area contributed by atoms with Gasteiger partial charge in [-0.15, -0.1) is 11.3 Å². The fourth-order valence-corrected chi connectivity index (χ4v) is 2.99. The van der Waals surface area contributed by atoms with Gasteiger partial charge in [-0.05, 0) is 20.8 Å². The normalized spacial score (nSPS) is 13.3. The van der Waals surface area contributed by atoms with Crippen molar-refractivity contribution in [3.8, 4) is 0 Å². The Labute approximate surface area is 137 Å². The zero-order chi connectivity index (χ0) is 16.9. The molecule has 6 heteroatoms. The molecule has 0 saturated carbocycles. The summed E-state index contributed by atoms with van der Waals surface area (Å²) in [4.78, 5) is 18.4. The lowest BCUT2D eigenvalue weighted by Gasteiger charge is -2.28. The quantitative estimate of drug-likeness (QED) is 0.844. The number of amides is 2. The average Bonchev–Trinajstić information content (AvgIpc) is 2.84. The first-order valence-corrected chi connectivity index (χ1v) is 8.66. The standard InChI is InChI=1S/C16H29N3O2S/c1-11(2)19(9-12(3)20)15(21)17-8-7-14-18-13(10-22-14)16(4,5)6/h10-12,20H,7-9H2,1-6H3,(H,17,21). The number of carbonyl (C=O) groups excluding carboxylic acids is 1. The summed E-state index contributed by atoms with van der Waals surface area (Å²) in [5, 5.41) is 15.5. The Morgan fingerprint density at radius 1 is 1.41 bits per heavy atom. The third kappa shape index (κ3) is 5.93. The molecule has 0 aliphatic heterocycles. The Bertz CT molecular complexity index is 478. The van der Waals surface area contributed by atoms with Crippen LogP contribution in [0.2, 0.25) is 0 Å². The number of aromatic nitrogens is 1. The van der Waals surface area contributed by atoms with Gasteiger partial charge >= 0.3 is 6.03 Å². The summed E-state index contributed by atoms with van der Waals surface area (Å²) in [6.07, 6.45) is 0.203. The molecule has 126 valence electrons. The molecular weight excluding hydrogens is 298 g/mol. The SMILES string of the molecule is CC(O)CN(C(=O)NCCc1nc(C(C)(C)C)cs1)C(C)C. The van der Waals surface area contributed by atoms with Crippen molar-refractivity contribution in [2.75, 3.05) is 13.1 Å². The van der Waals surface area contributed by atoms with Crippen LogP contribution in [0.5, 0.6) is 0 Å². The molecule has 0 aliphatic rings. The first-order valence-electron chi connectivity index (χ1n) is 7.78. The van der Waals surface area contributed by atoms with Gasteiger partial charge in [0.1, 0.15) is 0 Å². The van der Waals surface area contributed by atoms with Crippen LogP contribution in [-0.2, 0) is 11.8 Å². The van der Waals surface area contributed by atoms with Gasteiger partial charge in [0.15, 0.2) is 0 Å². The van der Waals surface area contributed by atoms with E-state index in [1.165, 1.54) is 0 Å². The number of carbonyl (C=O) groups is 1. The van der Waals surface area contributed by atoms with Crippen molar-refractivity contribution >= 4 is 17.4 Å². The number of hydrogen-bond donors (Lipinski definition) is 2. The molecule has 0 radical (unpaired) electrons. The smallest absolute Gasteiger partial charge is 0.317 e. The topological polar surface area (TPSA) is 65.5 Å². The molecule has 0 aromatic carbocycles. The van der Waals surface area contributed by atoms with Gasteiger partial charge in [0.25, 0.3) is 0 Å². The first-order chi connectivity index (χ1) is 10.1. The Morgan fingerprint density at radius 2 is 2.05 bits per heavy atom. The monoisotopic (exact) mass is 327 g/mol. The lowest BCUT2D eigenvalue weighted by molar-refractivity contribution is 0.119. The van der Waals surface area contributed by atoms with E-state index in [2.05, 4.69) is 36.5 Å². The summed E-state index contributed by atoms with van der Waals surface area (Å²) < 4.78 is 0. The maximum Gasteiger partial charge on any atom is 0.317 e. The van der Waals surface area contributed by atoms with Crippen molar-refractivity contribution in [2.24, 2.45) is 0 Å². The minimum Gasteiger partial charge on any atom is -0.392 e. The molecule has 1 unspecified atom stereocenters. The van der Waals surface area contributed by atoms with Crippen molar-refractivity contribution in [3.63, 3.8) is 0 Å². The summed E-state index contributed by atoms with van der Waals surface area (Å²) in [7, 11) is 0. The molecule has 1 atom stereocenters. The van der Waals surface area contributed by atoms with Crippen LogP contribution >= 0.6 is 11.3 Å². The fourth-order valence-electron chi connectivity index (χ4n) is 1.96. The van der Waals surface area contributed by atoms with Crippen LogP contribution in [-0.4, -0.2) is 46.3 Å². The Kier molecular flexibility index (Phi) is 6.81. The molecule has 1 rings (SSSR count). The van der Waals surface area contributed by atoms with Crippen LogP contribution in [0.25, 0.3) is 0 Å². The summed E-state index contributed by atoms with van der Waals surface area (Å²) in [5.74, 6) is 0. The second-order valence-electron chi connectivity index (χ2n) is 6.95. The van der Waals surface area contributed by atoms with Gasteiger partial charge < -0.3 is 15.3 Å². The van der Waals surface area contributed by atoms with Gasteiger partial charge in [0.2, 0.25) is 0 Å². The van der Waals surface area contributed by atoms with Crippen molar-refractivity contribution in [1.82, 2.24) is 15.2 Å². The molecule has 0 fully saturated rings. The zero-order valence-electron chi connectivity index (χ0n) is 14.5.